The van der Waals surface area contributed by atoms with Crippen molar-refractivity contribution >= 4 is 8.32 Å². The van der Waals surface area contributed by atoms with Crippen molar-refractivity contribution < 1.29 is 4.43 Å². The van der Waals surface area contributed by atoms with Crippen LogP contribution in [0, 0.1) is 0 Å². The predicted octanol–water partition coefficient (Wildman–Crippen LogP) is 3.95. The third-order valence-electron chi connectivity index (χ3n) is 2.92. The summed E-state index contributed by atoms with van der Waals surface area (Å²) >= 11 is 0. The van der Waals surface area contributed by atoms with E-state index in [4.69, 9.17) is 4.43 Å². The van der Waals surface area contributed by atoms with Crippen LogP contribution in [0.4, 0.5) is 0 Å². The molecule has 0 aliphatic heterocycles. The van der Waals surface area contributed by atoms with Crippen LogP contribution in [0.15, 0.2) is 0 Å². The zero-order chi connectivity index (χ0) is 9.73. The smallest absolute Gasteiger partial charge is 0.187 e. The lowest BCUT2D eigenvalue weighted by Crippen LogP contribution is -2.34. The molecule has 13 heavy (non-hydrogen) atoms. The van der Waals surface area contributed by atoms with E-state index in [1.807, 2.05) is 0 Å². The van der Waals surface area contributed by atoms with Crippen LogP contribution >= 0.6 is 0 Å². The van der Waals surface area contributed by atoms with Crippen molar-refractivity contribution in [3.63, 3.8) is 0 Å². The zero-order valence-electron chi connectivity index (χ0n) is 9.44. The molecule has 0 bridgehead atoms. The first-order valence-electron chi connectivity index (χ1n) is 5.82. The van der Waals surface area contributed by atoms with Crippen molar-refractivity contribution in [2.45, 2.75) is 70.7 Å². The average Bonchev–Trinajstić information content (AvgIpc) is 2.52. The zero-order valence-corrected chi connectivity index (χ0v) is 10.4. The highest BCUT2D eigenvalue weighted by Crippen LogP contribution is 2.26. The monoisotopic (exact) mass is 200 g/mol. The third kappa shape index (κ3) is 4.27. The van der Waals surface area contributed by atoms with Crippen LogP contribution in [0.1, 0.15) is 45.4 Å². The topological polar surface area (TPSA) is 9.23 Å². The molecule has 0 atom stereocenters. The Hall–Kier alpha value is 0.177. The second kappa shape index (κ2) is 5.16. The lowest BCUT2D eigenvalue weighted by atomic mass is 10.3. The molecule has 0 saturated heterocycles. The van der Waals surface area contributed by atoms with E-state index in [2.05, 4.69) is 20.0 Å². The Morgan fingerprint density at radius 2 is 1.85 bits per heavy atom. The van der Waals surface area contributed by atoms with Gasteiger partial charge in [-0.25, -0.2) is 0 Å². The summed E-state index contributed by atoms with van der Waals surface area (Å²) in [6, 6.07) is 1.35. The molecule has 0 aromatic carbocycles. The first kappa shape index (κ1) is 11.3. The summed E-state index contributed by atoms with van der Waals surface area (Å²) in [5, 5.41) is 0. The van der Waals surface area contributed by atoms with Crippen molar-refractivity contribution in [2.75, 3.05) is 0 Å². The largest absolute Gasteiger partial charge is 0.414 e. The summed E-state index contributed by atoms with van der Waals surface area (Å²) in [6.07, 6.45) is 8.71. The van der Waals surface area contributed by atoms with Gasteiger partial charge in [0, 0.05) is 6.10 Å². The maximum absolute atomic E-state index is 6.24. The number of rotatable bonds is 5. The fourth-order valence-corrected chi connectivity index (χ4v) is 4.58. The summed E-state index contributed by atoms with van der Waals surface area (Å²) in [5.74, 6) is 0. The summed E-state index contributed by atoms with van der Waals surface area (Å²) in [5.41, 5.74) is 0. The molecule has 1 rings (SSSR count). The minimum Gasteiger partial charge on any atom is -0.414 e. The summed E-state index contributed by atoms with van der Waals surface area (Å²) in [4.78, 5) is 0. The molecule has 78 valence electrons. The van der Waals surface area contributed by atoms with Crippen molar-refractivity contribution in [1.82, 2.24) is 0 Å². The van der Waals surface area contributed by atoms with Crippen LogP contribution in [0.2, 0.25) is 19.1 Å². The Bertz CT molecular complexity index is 139. The van der Waals surface area contributed by atoms with Gasteiger partial charge in [-0.15, -0.1) is 0 Å². The van der Waals surface area contributed by atoms with Crippen LogP contribution in [-0.2, 0) is 4.43 Å². The second-order valence-corrected chi connectivity index (χ2v) is 9.14. The number of hydrogen-bond donors (Lipinski definition) is 0. The Balaban J connectivity index is 2.23. The van der Waals surface area contributed by atoms with Crippen molar-refractivity contribution in [3.05, 3.63) is 0 Å². The van der Waals surface area contributed by atoms with Gasteiger partial charge in [0.05, 0.1) is 0 Å². The second-order valence-electron chi connectivity index (χ2n) is 4.89. The maximum atomic E-state index is 6.24. The van der Waals surface area contributed by atoms with E-state index in [1.54, 1.807) is 0 Å². The molecule has 1 fully saturated rings. The molecule has 0 N–H and O–H groups in total. The molecule has 2 heteroatoms. The van der Waals surface area contributed by atoms with Crippen molar-refractivity contribution in [2.24, 2.45) is 0 Å². The molecule has 0 heterocycles. The lowest BCUT2D eigenvalue weighted by molar-refractivity contribution is 0.199. The normalized spacial score (nSPS) is 19.6. The van der Waals surface area contributed by atoms with Gasteiger partial charge < -0.3 is 4.43 Å². The number of hydrogen-bond acceptors (Lipinski definition) is 1. The molecule has 1 saturated carbocycles. The first-order valence-corrected chi connectivity index (χ1v) is 8.93. The van der Waals surface area contributed by atoms with Crippen molar-refractivity contribution in [3.8, 4) is 0 Å². The fourth-order valence-electron chi connectivity index (χ4n) is 2.12. The Morgan fingerprint density at radius 3 is 2.38 bits per heavy atom. The minimum absolute atomic E-state index is 0.624. The van der Waals surface area contributed by atoms with Gasteiger partial charge in [-0.1, -0.05) is 32.6 Å². The molecule has 0 radical (unpaired) electrons. The highest BCUT2D eigenvalue weighted by molar-refractivity contribution is 6.71. The molecule has 1 aliphatic rings. The highest BCUT2D eigenvalue weighted by Gasteiger charge is 2.27. The summed E-state index contributed by atoms with van der Waals surface area (Å²) in [6.45, 7) is 7.02. The SMILES string of the molecule is CCCC[Si](C)(C)OC1CCCC1. The Morgan fingerprint density at radius 1 is 1.23 bits per heavy atom. The standard InChI is InChI=1S/C11H24OSi/c1-4-5-10-13(2,3)12-11-8-6-7-9-11/h11H,4-10H2,1-3H3. The van der Waals surface area contributed by atoms with Crippen LogP contribution in [0.25, 0.3) is 0 Å². The van der Waals surface area contributed by atoms with E-state index >= 15 is 0 Å². The van der Waals surface area contributed by atoms with Gasteiger partial charge in [0.15, 0.2) is 8.32 Å². The minimum atomic E-state index is -1.29. The summed E-state index contributed by atoms with van der Waals surface area (Å²) < 4.78 is 6.24. The number of unbranched alkanes of at least 4 members (excludes halogenated alkanes) is 1. The average molecular weight is 200 g/mol. The van der Waals surface area contributed by atoms with Crippen LogP contribution in [0.3, 0.4) is 0 Å². The Labute approximate surface area is 84.0 Å². The lowest BCUT2D eigenvalue weighted by Gasteiger charge is -2.27. The maximum Gasteiger partial charge on any atom is 0.187 e. The van der Waals surface area contributed by atoms with E-state index in [1.165, 1.54) is 44.6 Å². The highest BCUT2D eigenvalue weighted by atomic mass is 28.4. The van der Waals surface area contributed by atoms with E-state index in [0.717, 1.165) is 0 Å². The van der Waals surface area contributed by atoms with Crippen LogP contribution < -0.4 is 0 Å². The third-order valence-corrected chi connectivity index (χ3v) is 5.45. The van der Waals surface area contributed by atoms with Gasteiger partial charge in [-0.2, -0.15) is 0 Å². The predicted molar refractivity (Wildman–Crippen MR) is 60.5 cm³/mol. The van der Waals surface area contributed by atoms with Gasteiger partial charge in [0.1, 0.15) is 0 Å². The summed E-state index contributed by atoms with van der Waals surface area (Å²) in [7, 11) is -1.29. The van der Waals surface area contributed by atoms with E-state index in [9.17, 15) is 0 Å². The fraction of sp³-hybridized carbons (Fsp3) is 1.00. The van der Waals surface area contributed by atoms with Gasteiger partial charge in [0.25, 0.3) is 0 Å². The van der Waals surface area contributed by atoms with Gasteiger partial charge in [-0.05, 0) is 32.0 Å². The van der Waals surface area contributed by atoms with Crippen LogP contribution in [-0.4, -0.2) is 14.4 Å². The molecule has 0 amide bonds. The first-order chi connectivity index (χ1) is 6.14. The molecule has 0 spiro atoms. The Kier molecular flexibility index (Phi) is 4.46. The van der Waals surface area contributed by atoms with Gasteiger partial charge >= 0.3 is 0 Å². The molecular weight excluding hydrogens is 176 g/mol. The molecule has 1 aliphatic carbocycles. The van der Waals surface area contributed by atoms with E-state index < -0.39 is 8.32 Å². The molecule has 0 aromatic heterocycles. The van der Waals surface area contributed by atoms with E-state index in [-0.39, 0.29) is 0 Å². The molecule has 0 unspecified atom stereocenters. The quantitative estimate of drug-likeness (QED) is 0.611. The molecule has 1 nitrogen and oxygen atoms in total. The molecule has 0 aromatic rings. The van der Waals surface area contributed by atoms with Crippen LogP contribution in [0.5, 0.6) is 0 Å². The van der Waals surface area contributed by atoms with Gasteiger partial charge in [0.2, 0.25) is 0 Å². The van der Waals surface area contributed by atoms with Gasteiger partial charge in [-0.3, -0.25) is 0 Å². The van der Waals surface area contributed by atoms with E-state index in [0.29, 0.717) is 6.10 Å². The van der Waals surface area contributed by atoms with Crippen molar-refractivity contribution in [1.29, 1.82) is 0 Å². The molecular formula is C11H24OSi.